The Kier molecular flexibility index (Phi) is 5.80. The molecule has 1 aromatic carbocycles. The summed E-state index contributed by atoms with van der Waals surface area (Å²) >= 11 is 0.729. The summed E-state index contributed by atoms with van der Waals surface area (Å²) in [5.41, 5.74) is -0.456. The van der Waals surface area contributed by atoms with Crippen molar-refractivity contribution in [1.82, 2.24) is 4.31 Å². The number of ether oxygens (including phenoxy) is 1. The first-order chi connectivity index (χ1) is 11.2. The Bertz CT molecular complexity index is 745. The standard InChI is InChI=1S/C13H16N2O7S2/c1-9(13(16)17)23-12-3-2-10(8-11(12)15(18)19)24(20,21)14-4-6-22-7-5-14/h2-3,8-9H,4-7H2,1H3,(H,16,17)/p-1/t9-/m1/s1. The first-order valence-electron chi connectivity index (χ1n) is 6.97. The van der Waals surface area contributed by atoms with E-state index in [1.807, 2.05) is 0 Å². The molecule has 0 bridgehead atoms. The third-order valence-corrected chi connectivity index (χ3v) is 6.41. The highest BCUT2D eigenvalue weighted by Crippen LogP contribution is 2.34. The normalized spacial score (nSPS) is 17.4. The van der Waals surface area contributed by atoms with E-state index >= 15 is 0 Å². The fourth-order valence-electron chi connectivity index (χ4n) is 2.07. The van der Waals surface area contributed by atoms with Gasteiger partial charge < -0.3 is 14.6 Å². The van der Waals surface area contributed by atoms with Crippen molar-refractivity contribution in [2.75, 3.05) is 26.3 Å². The molecule has 0 N–H and O–H groups in total. The predicted molar refractivity (Wildman–Crippen MR) is 83.0 cm³/mol. The second-order valence-electron chi connectivity index (χ2n) is 4.98. The zero-order valence-electron chi connectivity index (χ0n) is 12.7. The molecular weight excluding hydrogens is 360 g/mol. The van der Waals surface area contributed by atoms with E-state index in [-0.39, 0.29) is 36.1 Å². The molecule has 0 radical (unpaired) electrons. The fraction of sp³-hybridized carbons (Fsp3) is 0.462. The van der Waals surface area contributed by atoms with E-state index in [1.54, 1.807) is 0 Å². The molecule has 24 heavy (non-hydrogen) atoms. The van der Waals surface area contributed by atoms with Gasteiger partial charge in [-0.2, -0.15) is 4.31 Å². The summed E-state index contributed by atoms with van der Waals surface area (Å²) in [6, 6.07) is 3.44. The molecule has 1 aliphatic rings. The molecule has 1 aromatic rings. The number of nitrogens with zero attached hydrogens (tertiary/aromatic N) is 2. The van der Waals surface area contributed by atoms with Crippen LogP contribution in [0.25, 0.3) is 0 Å². The Morgan fingerprint density at radius 3 is 2.54 bits per heavy atom. The van der Waals surface area contributed by atoms with Crippen molar-refractivity contribution in [2.45, 2.75) is 22.0 Å². The monoisotopic (exact) mass is 375 g/mol. The molecule has 9 nitrogen and oxygen atoms in total. The quantitative estimate of drug-likeness (QED) is 0.381. The molecule has 0 aliphatic carbocycles. The number of carboxylic acids is 1. The molecule has 1 aliphatic heterocycles. The number of carboxylic acid groups (broad SMARTS) is 1. The van der Waals surface area contributed by atoms with Gasteiger partial charge in [-0.25, -0.2) is 8.42 Å². The van der Waals surface area contributed by atoms with E-state index in [0.717, 1.165) is 17.8 Å². The Morgan fingerprint density at radius 2 is 2.00 bits per heavy atom. The van der Waals surface area contributed by atoms with Gasteiger partial charge in [-0.1, -0.05) is 0 Å². The van der Waals surface area contributed by atoms with Gasteiger partial charge in [0.25, 0.3) is 5.69 Å². The molecule has 1 fully saturated rings. The summed E-state index contributed by atoms with van der Waals surface area (Å²) in [4.78, 5) is 21.2. The van der Waals surface area contributed by atoms with Crippen molar-refractivity contribution in [3.05, 3.63) is 28.3 Å². The first kappa shape index (κ1) is 18.6. The molecule has 1 heterocycles. The van der Waals surface area contributed by atoms with Crippen LogP contribution in [0.4, 0.5) is 5.69 Å². The van der Waals surface area contributed by atoms with Crippen LogP contribution in [0.15, 0.2) is 28.0 Å². The predicted octanol–water partition coefficient (Wildman–Crippen LogP) is -0.154. The summed E-state index contributed by atoms with van der Waals surface area (Å²) in [5.74, 6) is -1.36. The van der Waals surface area contributed by atoms with E-state index in [2.05, 4.69) is 0 Å². The molecule has 1 saturated heterocycles. The summed E-state index contributed by atoms with van der Waals surface area (Å²) in [7, 11) is -3.87. The number of thioether (sulfide) groups is 1. The van der Waals surface area contributed by atoms with Gasteiger partial charge in [0.1, 0.15) is 0 Å². The number of nitro groups is 1. The van der Waals surface area contributed by atoms with Crippen LogP contribution in [0, 0.1) is 10.1 Å². The fourth-order valence-corrected chi connectivity index (χ4v) is 4.38. The summed E-state index contributed by atoms with van der Waals surface area (Å²) < 4.78 is 31.4. The number of rotatable bonds is 6. The van der Waals surface area contributed by atoms with Crippen LogP contribution < -0.4 is 5.11 Å². The average Bonchev–Trinajstić information content (AvgIpc) is 2.55. The SMILES string of the molecule is C[C@@H](Sc1ccc(S(=O)(=O)N2CCOCC2)cc1[N+](=O)[O-])C(=O)[O-]. The van der Waals surface area contributed by atoms with Crippen molar-refractivity contribution in [3.8, 4) is 0 Å². The van der Waals surface area contributed by atoms with E-state index in [4.69, 9.17) is 4.74 Å². The zero-order valence-corrected chi connectivity index (χ0v) is 14.3. The van der Waals surface area contributed by atoms with Crippen LogP contribution in [0.5, 0.6) is 0 Å². The Labute approximate surface area is 142 Å². The number of carbonyl (C=O) groups is 1. The van der Waals surface area contributed by atoms with Crippen LogP contribution in [-0.4, -0.2) is 55.2 Å². The third kappa shape index (κ3) is 4.04. The minimum Gasteiger partial charge on any atom is -0.549 e. The van der Waals surface area contributed by atoms with Crippen LogP contribution in [0.3, 0.4) is 0 Å². The van der Waals surface area contributed by atoms with Gasteiger partial charge in [-0.15, -0.1) is 11.8 Å². The maximum Gasteiger partial charge on any atom is 0.284 e. The lowest BCUT2D eigenvalue weighted by molar-refractivity contribution is -0.388. The minimum absolute atomic E-state index is 0.0672. The van der Waals surface area contributed by atoms with E-state index in [9.17, 15) is 28.4 Å². The highest BCUT2D eigenvalue weighted by molar-refractivity contribution is 8.00. The zero-order chi connectivity index (χ0) is 17.9. The van der Waals surface area contributed by atoms with Gasteiger partial charge >= 0.3 is 0 Å². The number of hydrogen-bond acceptors (Lipinski definition) is 8. The van der Waals surface area contributed by atoms with Crippen LogP contribution >= 0.6 is 11.8 Å². The third-order valence-electron chi connectivity index (χ3n) is 3.37. The van der Waals surface area contributed by atoms with Crippen LogP contribution in [-0.2, 0) is 19.6 Å². The Morgan fingerprint density at radius 1 is 1.38 bits per heavy atom. The van der Waals surface area contributed by atoms with Gasteiger partial charge in [0, 0.05) is 24.4 Å². The molecule has 0 amide bonds. The average molecular weight is 375 g/mol. The second-order valence-corrected chi connectivity index (χ2v) is 8.30. The molecular formula is C13H15N2O7S2-. The minimum atomic E-state index is -3.87. The number of sulfonamides is 1. The highest BCUT2D eigenvalue weighted by Gasteiger charge is 2.29. The molecule has 11 heteroatoms. The summed E-state index contributed by atoms with van der Waals surface area (Å²) in [6.07, 6.45) is 0. The van der Waals surface area contributed by atoms with Crippen molar-refractivity contribution in [1.29, 1.82) is 0 Å². The van der Waals surface area contributed by atoms with Crippen molar-refractivity contribution in [2.24, 2.45) is 0 Å². The maximum absolute atomic E-state index is 12.5. The second kappa shape index (κ2) is 7.47. The molecule has 0 saturated carbocycles. The van der Waals surface area contributed by atoms with Crippen molar-refractivity contribution in [3.63, 3.8) is 0 Å². The van der Waals surface area contributed by atoms with Crippen molar-refractivity contribution < 1.29 is 28.0 Å². The van der Waals surface area contributed by atoms with Gasteiger partial charge in [0.05, 0.1) is 33.9 Å². The van der Waals surface area contributed by atoms with E-state index < -0.39 is 31.9 Å². The number of morpholine rings is 1. The lowest BCUT2D eigenvalue weighted by atomic mass is 10.3. The summed E-state index contributed by atoms with van der Waals surface area (Å²) in [6.45, 7) is 2.21. The number of benzene rings is 1. The number of aliphatic carboxylic acids is 1. The van der Waals surface area contributed by atoms with Gasteiger partial charge in [0.15, 0.2) is 0 Å². The first-order valence-corrected chi connectivity index (χ1v) is 9.29. The Hall–Kier alpha value is -1.69. The number of nitro benzene ring substituents is 1. The highest BCUT2D eigenvalue weighted by atomic mass is 32.2. The molecule has 1 atom stereocenters. The van der Waals surface area contributed by atoms with Crippen LogP contribution in [0.1, 0.15) is 6.92 Å². The lowest BCUT2D eigenvalue weighted by Crippen LogP contribution is -2.40. The largest absolute Gasteiger partial charge is 0.549 e. The molecule has 0 aromatic heterocycles. The molecule has 0 unspecified atom stereocenters. The smallest absolute Gasteiger partial charge is 0.284 e. The lowest BCUT2D eigenvalue weighted by Gasteiger charge is -2.26. The maximum atomic E-state index is 12.5. The number of carbonyl (C=O) groups excluding carboxylic acids is 1. The van der Waals surface area contributed by atoms with E-state index in [1.165, 1.54) is 23.4 Å². The topological polar surface area (TPSA) is 130 Å². The number of hydrogen-bond donors (Lipinski definition) is 0. The summed E-state index contributed by atoms with van der Waals surface area (Å²) in [5, 5.41) is 21.0. The molecule has 2 rings (SSSR count). The van der Waals surface area contributed by atoms with Gasteiger partial charge in [0.2, 0.25) is 10.0 Å². The van der Waals surface area contributed by atoms with Crippen molar-refractivity contribution >= 4 is 33.4 Å². The van der Waals surface area contributed by atoms with E-state index in [0.29, 0.717) is 0 Å². The van der Waals surface area contributed by atoms with Gasteiger partial charge in [-0.05, 0) is 19.1 Å². The Balaban J connectivity index is 2.37. The molecule has 0 spiro atoms. The van der Waals surface area contributed by atoms with Crippen LogP contribution in [0.2, 0.25) is 0 Å². The van der Waals surface area contributed by atoms with Gasteiger partial charge in [-0.3, -0.25) is 10.1 Å². The molecule has 132 valence electrons.